The molecule has 2 aromatic heterocycles. The fourth-order valence-corrected chi connectivity index (χ4v) is 2.55. The van der Waals surface area contributed by atoms with Gasteiger partial charge in [-0.15, -0.1) is 11.3 Å². The second-order valence-electron chi connectivity index (χ2n) is 3.80. The summed E-state index contributed by atoms with van der Waals surface area (Å²) >= 11 is 1.57. The van der Waals surface area contributed by atoms with Gasteiger partial charge in [0.05, 0.1) is 17.1 Å². The molecule has 2 heterocycles. The van der Waals surface area contributed by atoms with Gasteiger partial charge in [-0.05, 0) is 6.07 Å². The molecule has 0 aliphatic carbocycles. The van der Waals surface area contributed by atoms with E-state index in [2.05, 4.69) is 9.97 Å². The van der Waals surface area contributed by atoms with Gasteiger partial charge in [-0.25, -0.2) is 0 Å². The molecule has 84 valence electrons. The molecule has 17 heavy (non-hydrogen) atoms. The summed E-state index contributed by atoms with van der Waals surface area (Å²) in [5, 5.41) is 1.12. The molecule has 1 unspecified atom stereocenters. The number of aromatic nitrogens is 2. The lowest BCUT2D eigenvalue weighted by Crippen LogP contribution is -2.11. The molecule has 0 fully saturated rings. The molecule has 2 N–H and O–H groups in total. The third-order valence-corrected chi connectivity index (χ3v) is 3.62. The van der Waals surface area contributed by atoms with Crippen molar-refractivity contribution in [1.29, 1.82) is 0 Å². The van der Waals surface area contributed by atoms with Gasteiger partial charge in [-0.2, -0.15) is 0 Å². The topological polar surface area (TPSA) is 51.8 Å². The van der Waals surface area contributed by atoms with Crippen LogP contribution in [0.1, 0.15) is 16.5 Å². The van der Waals surface area contributed by atoms with Gasteiger partial charge in [0.1, 0.15) is 0 Å². The number of nitrogens with zero attached hydrogens (tertiary/aromatic N) is 2. The van der Waals surface area contributed by atoms with Crippen LogP contribution in [0.15, 0.2) is 48.2 Å². The van der Waals surface area contributed by atoms with E-state index in [4.69, 9.17) is 5.73 Å². The molecule has 1 aromatic carbocycles. The van der Waals surface area contributed by atoms with E-state index in [1.165, 1.54) is 0 Å². The van der Waals surface area contributed by atoms with Crippen molar-refractivity contribution < 1.29 is 0 Å². The SMILES string of the molecule is NC(c1cncs1)c1cccc2cccnc12. The molecule has 0 saturated heterocycles. The Labute approximate surface area is 103 Å². The van der Waals surface area contributed by atoms with Crippen molar-refractivity contribution in [2.45, 2.75) is 6.04 Å². The Morgan fingerprint density at radius 1 is 1.18 bits per heavy atom. The van der Waals surface area contributed by atoms with Gasteiger partial charge in [-0.3, -0.25) is 9.97 Å². The van der Waals surface area contributed by atoms with Crippen LogP contribution >= 0.6 is 11.3 Å². The van der Waals surface area contributed by atoms with Crippen molar-refractivity contribution in [1.82, 2.24) is 9.97 Å². The van der Waals surface area contributed by atoms with Crippen LogP contribution in [0.5, 0.6) is 0 Å². The average molecular weight is 241 g/mol. The van der Waals surface area contributed by atoms with Crippen molar-refractivity contribution in [3.05, 3.63) is 58.7 Å². The molecule has 0 amide bonds. The lowest BCUT2D eigenvalue weighted by Gasteiger charge is -2.11. The zero-order valence-corrected chi connectivity index (χ0v) is 9.89. The van der Waals surface area contributed by atoms with E-state index in [0.29, 0.717) is 0 Å². The third kappa shape index (κ3) is 1.81. The molecule has 1 atom stereocenters. The number of benzene rings is 1. The lowest BCUT2D eigenvalue weighted by atomic mass is 10.0. The molecule has 4 heteroatoms. The number of rotatable bonds is 2. The molecule has 0 saturated carbocycles. The first kappa shape index (κ1) is 10.4. The van der Waals surface area contributed by atoms with Crippen LogP contribution < -0.4 is 5.73 Å². The number of fused-ring (bicyclic) bond motifs is 1. The Morgan fingerprint density at radius 3 is 2.88 bits per heavy atom. The van der Waals surface area contributed by atoms with Crippen LogP contribution in [0.4, 0.5) is 0 Å². The maximum Gasteiger partial charge on any atom is 0.0794 e. The smallest absolute Gasteiger partial charge is 0.0794 e. The zero-order chi connectivity index (χ0) is 11.7. The normalized spacial score (nSPS) is 12.8. The Balaban J connectivity index is 2.17. The largest absolute Gasteiger partial charge is 0.319 e. The van der Waals surface area contributed by atoms with Crippen molar-refractivity contribution in [2.24, 2.45) is 5.73 Å². The zero-order valence-electron chi connectivity index (χ0n) is 9.08. The van der Waals surface area contributed by atoms with E-state index in [0.717, 1.165) is 21.3 Å². The maximum absolute atomic E-state index is 6.26. The van der Waals surface area contributed by atoms with Gasteiger partial charge >= 0.3 is 0 Å². The lowest BCUT2D eigenvalue weighted by molar-refractivity contribution is 0.895. The second-order valence-corrected chi connectivity index (χ2v) is 4.72. The third-order valence-electron chi connectivity index (χ3n) is 2.76. The van der Waals surface area contributed by atoms with Crippen molar-refractivity contribution in [3.8, 4) is 0 Å². The minimum absolute atomic E-state index is 0.152. The average Bonchev–Trinajstić information content (AvgIpc) is 2.91. The molecular weight excluding hydrogens is 230 g/mol. The predicted molar refractivity (Wildman–Crippen MR) is 69.9 cm³/mol. The molecule has 3 nitrogen and oxygen atoms in total. The first-order valence-electron chi connectivity index (χ1n) is 5.34. The van der Waals surface area contributed by atoms with Gasteiger partial charge in [0.15, 0.2) is 0 Å². The highest BCUT2D eigenvalue weighted by molar-refractivity contribution is 7.09. The maximum atomic E-state index is 6.26. The molecule has 0 radical (unpaired) electrons. The highest BCUT2D eigenvalue weighted by Gasteiger charge is 2.13. The van der Waals surface area contributed by atoms with Gasteiger partial charge < -0.3 is 5.73 Å². The number of pyridine rings is 1. The first-order chi connectivity index (χ1) is 8.36. The summed E-state index contributed by atoms with van der Waals surface area (Å²) in [6.45, 7) is 0. The first-order valence-corrected chi connectivity index (χ1v) is 6.22. The summed E-state index contributed by atoms with van der Waals surface area (Å²) in [6.07, 6.45) is 3.61. The quantitative estimate of drug-likeness (QED) is 0.750. The van der Waals surface area contributed by atoms with E-state index < -0.39 is 0 Å². The minimum Gasteiger partial charge on any atom is -0.319 e. The van der Waals surface area contributed by atoms with Gasteiger partial charge in [0, 0.05) is 28.2 Å². The number of hydrogen-bond donors (Lipinski definition) is 1. The summed E-state index contributed by atoms with van der Waals surface area (Å²) in [5.74, 6) is 0. The minimum atomic E-state index is -0.152. The summed E-state index contributed by atoms with van der Waals surface area (Å²) in [5.41, 5.74) is 10.1. The molecule has 0 bridgehead atoms. The number of para-hydroxylation sites is 1. The fraction of sp³-hybridized carbons (Fsp3) is 0.0769. The summed E-state index contributed by atoms with van der Waals surface area (Å²) < 4.78 is 0. The Hall–Kier alpha value is -1.78. The molecule has 0 aliphatic heterocycles. The molecule has 3 rings (SSSR count). The Bertz CT molecular complexity index is 629. The Kier molecular flexibility index (Phi) is 2.59. The van der Waals surface area contributed by atoms with Crippen LogP contribution in [0.2, 0.25) is 0 Å². The second kappa shape index (κ2) is 4.24. The highest BCUT2D eigenvalue weighted by atomic mass is 32.1. The van der Waals surface area contributed by atoms with Crippen LogP contribution in [0.25, 0.3) is 10.9 Å². The highest BCUT2D eigenvalue weighted by Crippen LogP contribution is 2.27. The fourth-order valence-electron chi connectivity index (χ4n) is 1.91. The van der Waals surface area contributed by atoms with Crippen LogP contribution in [-0.4, -0.2) is 9.97 Å². The van der Waals surface area contributed by atoms with E-state index in [1.807, 2.05) is 36.5 Å². The number of hydrogen-bond acceptors (Lipinski definition) is 4. The van der Waals surface area contributed by atoms with Crippen LogP contribution in [-0.2, 0) is 0 Å². The van der Waals surface area contributed by atoms with E-state index in [9.17, 15) is 0 Å². The molecule has 0 spiro atoms. The molecule has 0 aliphatic rings. The summed E-state index contributed by atoms with van der Waals surface area (Å²) in [7, 11) is 0. The van der Waals surface area contributed by atoms with E-state index >= 15 is 0 Å². The summed E-state index contributed by atoms with van der Waals surface area (Å²) in [4.78, 5) is 9.54. The monoisotopic (exact) mass is 241 g/mol. The number of thiazole rings is 1. The van der Waals surface area contributed by atoms with Gasteiger partial charge in [-0.1, -0.05) is 24.3 Å². The summed E-state index contributed by atoms with van der Waals surface area (Å²) in [6, 6.07) is 9.92. The van der Waals surface area contributed by atoms with Crippen molar-refractivity contribution >= 4 is 22.2 Å². The number of nitrogens with two attached hydrogens (primary N) is 1. The predicted octanol–water partition coefficient (Wildman–Crippen LogP) is 2.74. The van der Waals surface area contributed by atoms with Crippen molar-refractivity contribution in [3.63, 3.8) is 0 Å². The van der Waals surface area contributed by atoms with Crippen molar-refractivity contribution in [2.75, 3.05) is 0 Å². The van der Waals surface area contributed by atoms with Crippen LogP contribution in [0, 0.1) is 0 Å². The van der Waals surface area contributed by atoms with Crippen LogP contribution in [0.3, 0.4) is 0 Å². The van der Waals surface area contributed by atoms with Gasteiger partial charge in [0.25, 0.3) is 0 Å². The van der Waals surface area contributed by atoms with E-state index in [-0.39, 0.29) is 6.04 Å². The molecular formula is C13H11N3S. The Morgan fingerprint density at radius 2 is 2.06 bits per heavy atom. The standard InChI is InChI=1S/C13H11N3S/c14-12(11-7-15-8-17-11)10-5-1-3-9-4-2-6-16-13(9)10/h1-8,12H,14H2. The molecule has 3 aromatic rings. The van der Waals surface area contributed by atoms with E-state index in [1.54, 1.807) is 23.0 Å². The van der Waals surface area contributed by atoms with Gasteiger partial charge in [0.2, 0.25) is 0 Å².